The maximum Gasteiger partial charge on any atom is 0.223 e. The first kappa shape index (κ1) is 13.0. The van der Waals surface area contributed by atoms with Gasteiger partial charge in [-0.1, -0.05) is 11.8 Å². The summed E-state index contributed by atoms with van der Waals surface area (Å²) in [6, 6.07) is 0. The highest BCUT2D eigenvalue weighted by molar-refractivity contribution is 7.99. The summed E-state index contributed by atoms with van der Waals surface area (Å²) < 4.78 is 1.60. The van der Waals surface area contributed by atoms with E-state index in [0.29, 0.717) is 12.2 Å². The number of amides is 1. The van der Waals surface area contributed by atoms with Gasteiger partial charge in [-0.2, -0.15) is 0 Å². The molecule has 1 aromatic rings. The fourth-order valence-corrected chi connectivity index (χ4v) is 2.08. The van der Waals surface area contributed by atoms with Crippen molar-refractivity contribution in [2.45, 2.75) is 25.4 Å². The van der Waals surface area contributed by atoms with Crippen LogP contribution in [0.2, 0.25) is 0 Å². The van der Waals surface area contributed by atoms with Gasteiger partial charge in [0.15, 0.2) is 0 Å². The largest absolute Gasteiger partial charge is 0.343 e. The Bertz CT molecular complexity index is 336. The SMILES string of the molecule is CCN(CC)C(=O)CCSc1nnnn1C. The van der Waals surface area contributed by atoms with Crippen LogP contribution in [0.4, 0.5) is 0 Å². The van der Waals surface area contributed by atoms with Gasteiger partial charge in [0.2, 0.25) is 11.1 Å². The number of tetrazole rings is 1. The number of rotatable bonds is 6. The molecule has 0 spiro atoms. The van der Waals surface area contributed by atoms with Crippen LogP contribution in [0.15, 0.2) is 5.16 Å². The predicted octanol–water partition coefficient (Wildman–Crippen LogP) is 0.561. The highest BCUT2D eigenvalue weighted by Crippen LogP contribution is 2.13. The molecule has 7 heteroatoms. The Morgan fingerprint density at radius 3 is 2.62 bits per heavy atom. The molecule has 0 saturated carbocycles. The second-order valence-corrected chi connectivity index (χ2v) is 4.31. The van der Waals surface area contributed by atoms with Crippen molar-refractivity contribution in [3.8, 4) is 0 Å². The third kappa shape index (κ3) is 3.48. The average Bonchev–Trinajstić information content (AvgIpc) is 2.66. The molecule has 0 bridgehead atoms. The van der Waals surface area contributed by atoms with Crippen molar-refractivity contribution in [2.24, 2.45) is 7.05 Å². The summed E-state index contributed by atoms with van der Waals surface area (Å²) in [5.41, 5.74) is 0. The van der Waals surface area contributed by atoms with Crippen LogP contribution in [0.3, 0.4) is 0 Å². The molecule has 0 fully saturated rings. The molecular formula is C9H17N5OS. The van der Waals surface area contributed by atoms with Crippen molar-refractivity contribution in [1.82, 2.24) is 25.1 Å². The lowest BCUT2D eigenvalue weighted by Crippen LogP contribution is -2.30. The lowest BCUT2D eigenvalue weighted by atomic mass is 10.4. The Balaban J connectivity index is 2.30. The van der Waals surface area contributed by atoms with Crippen molar-refractivity contribution < 1.29 is 4.79 Å². The second kappa shape index (κ2) is 6.47. The van der Waals surface area contributed by atoms with Gasteiger partial charge in [0.25, 0.3) is 0 Å². The van der Waals surface area contributed by atoms with Crippen molar-refractivity contribution in [2.75, 3.05) is 18.8 Å². The van der Waals surface area contributed by atoms with E-state index in [9.17, 15) is 4.79 Å². The molecule has 0 aliphatic carbocycles. The lowest BCUT2D eigenvalue weighted by Gasteiger charge is -2.18. The summed E-state index contributed by atoms with van der Waals surface area (Å²) in [5.74, 6) is 0.899. The van der Waals surface area contributed by atoms with Crippen LogP contribution in [-0.4, -0.2) is 49.9 Å². The van der Waals surface area contributed by atoms with Gasteiger partial charge >= 0.3 is 0 Å². The first-order chi connectivity index (χ1) is 7.69. The molecule has 0 radical (unpaired) electrons. The maximum absolute atomic E-state index is 11.7. The molecule has 1 rings (SSSR count). The Kier molecular flexibility index (Phi) is 5.24. The van der Waals surface area contributed by atoms with Crippen LogP contribution in [0.5, 0.6) is 0 Å². The van der Waals surface area contributed by atoms with Crippen LogP contribution >= 0.6 is 11.8 Å². The smallest absolute Gasteiger partial charge is 0.223 e. The van der Waals surface area contributed by atoms with Gasteiger partial charge in [0, 0.05) is 32.3 Å². The van der Waals surface area contributed by atoms with Crippen LogP contribution in [-0.2, 0) is 11.8 Å². The molecule has 0 atom stereocenters. The zero-order valence-corrected chi connectivity index (χ0v) is 10.7. The highest BCUT2D eigenvalue weighted by Gasteiger charge is 2.10. The minimum Gasteiger partial charge on any atom is -0.343 e. The topological polar surface area (TPSA) is 63.9 Å². The fraction of sp³-hybridized carbons (Fsp3) is 0.778. The molecule has 16 heavy (non-hydrogen) atoms. The molecule has 0 N–H and O–H groups in total. The average molecular weight is 243 g/mol. The third-order valence-electron chi connectivity index (χ3n) is 2.24. The Morgan fingerprint density at radius 2 is 2.12 bits per heavy atom. The zero-order chi connectivity index (χ0) is 12.0. The molecule has 0 aromatic carbocycles. The predicted molar refractivity (Wildman–Crippen MR) is 62.1 cm³/mol. The summed E-state index contributed by atoms with van der Waals surface area (Å²) in [4.78, 5) is 13.5. The van der Waals surface area contributed by atoms with Crippen molar-refractivity contribution in [1.29, 1.82) is 0 Å². The molecule has 6 nitrogen and oxygen atoms in total. The maximum atomic E-state index is 11.7. The second-order valence-electron chi connectivity index (χ2n) is 3.25. The van der Waals surface area contributed by atoms with Gasteiger partial charge < -0.3 is 4.90 Å². The van der Waals surface area contributed by atoms with E-state index in [0.717, 1.165) is 18.2 Å². The van der Waals surface area contributed by atoms with E-state index >= 15 is 0 Å². The van der Waals surface area contributed by atoms with Crippen molar-refractivity contribution in [3.63, 3.8) is 0 Å². The van der Waals surface area contributed by atoms with E-state index in [2.05, 4.69) is 15.5 Å². The first-order valence-corrected chi connectivity index (χ1v) is 6.30. The molecule has 1 heterocycles. The van der Waals surface area contributed by atoms with E-state index in [-0.39, 0.29) is 5.91 Å². The van der Waals surface area contributed by atoms with E-state index in [4.69, 9.17) is 0 Å². The molecular weight excluding hydrogens is 226 g/mol. The Labute approximate surface area is 99.4 Å². The van der Waals surface area contributed by atoms with Gasteiger partial charge in [-0.15, -0.1) is 5.10 Å². The number of thioether (sulfide) groups is 1. The van der Waals surface area contributed by atoms with E-state index < -0.39 is 0 Å². The minimum atomic E-state index is 0.188. The van der Waals surface area contributed by atoms with Crippen LogP contribution in [0.1, 0.15) is 20.3 Å². The van der Waals surface area contributed by atoms with E-state index in [1.165, 1.54) is 11.8 Å². The Morgan fingerprint density at radius 1 is 1.44 bits per heavy atom. The summed E-state index contributed by atoms with van der Waals surface area (Å²) in [5, 5.41) is 11.8. The van der Waals surface area contributed by atoms with Crippen LogP contribution in [0.25, 0.3) is 0 Å². The number of hydrogen-bond acceptors (Lipinski definition) is 5. The highest BCUT2D eigenvalue weighted by atomic mass is 32.2. The molecule has 0 saturated heterocycles. The minimum absolute atomic E-state index is 0.188. The molecule has 0 unspecified atom stereocenters. The summed E-state index contributed by atoms with van der Waals surface area (Å²) in [6.07, 6.45) is 0.527. The summed E-state index contributed by atoms with van der Waals surface area (Å²) in [6.45, 7) is 5.51. The van der Waals surface area contributed by atoms with Gasteiger partial charge in [-0.25, -0.2) is 4.68 Å². The fourth-order valence-electron chi connectivity index (χ4n) is 1.31. The van der Waals surface area contributed by atoms with Gasteiger partial charge in [-0.3, -0.25) is 4.79 Å². The summed E-state index contributed by atoms with van der Waals surface area (Å²) >= 11 is 1.50. The van der Waals surface area contributed by atoms with E-state index in [1.54, 1.807) is 11.7 Å². The number of nitrogens with zero attached hydrogens (tertiary/aromatic N) is 5. The van der Waals surface area contributed by atoms with E-state index in [1.807, 2.05) is 18.7 Å². The quantitative estimate of drug-likeness (QED) is 0.683. The van der Waals surface area contributed by atoms with Crippen molar-refractivity contribution >= 4 is 17.7 Å². The normalized spacial score (nSPS) is 10.4. The lowest BCUT2D eigenvalue weighted by molar-refractivity contribution is -0.130. The monoisotopic (exact) mass is 243 g/mol. The number of aryl methyl sites for hydroxylation is 1. The number of carbonyl (C=O) groups is 1. The molecule has 0 aliphatic rings. The van der Waals surface area contributed by atoms with Gasteiger partial charge in [-0.05, 0) is 24.3 Å². The Hall–Kier alpha value is -1.11. The van der Waals surface area contributed by atoms with Crippen LogP contribution in [0, 0.1) is 0 Å². The molecule has 1 amide bonds. The van der Waals surface area contributed by atoms with Crippen LogP contribution < -0.4 is 0 Å². The zero-order valence-electron chi connectivity index (χ0n) is 9.88. The third-order valence-corrected chi connectivity index (χ3v) is 3.26. The number of aromatic nitrogens is 4. The standard InChI is InChI=1S/C9H17N5OS/c1-4-14(5-2)8(15)6-7-16-9-10-11-12-13(9)3/h4-7H2,1-3H3. The summed E-state index contributed by atoms with van der Waals surface area (Å²) in [7, 11) is 1.79. The number of hydrogen-bond donors (Lipinski definition) is 0. The molecule has 90 valence electrons. The van der Waals surface area contributed by atoms with Gasteiger partial charge in [0.05, 0.1) is 0 Å². The van der Waals surface area contributed by atoms with Crippen molar-refractivity contribution in [3.05, 3.63) is 0 Å². The number of carbonyl (C=O) groups excluding carboxylic acids is 1. The molecule has 1 aromatic heterocycles. The first-order valence-electron chi connectivity index (χ1n) is 5.32. The van der Waals surface area contributed by atoms with Gasteiger partial charge in [0.1, 0.15) is 0 Å². The molecule has 0 aliphatic heterocycles.